The van der Waals surface area contributed by atoms with E-state index in [1.54, 1.807) is 6.92 Å². The molecular formula is C12H26N2O3S. The molecule has 1 aliphatic heterocycles. The minimum absolute atomic E-state index is 0.270. The van der Waals surface area contributed by atoms with Crippen LogP contribution in [-0.4, -0.2) is 64.7 Å². The maximum Gasteiger partial charge on any atom is 0.163 e. The lowest BCUT2D eigenvalue weighted by molar-refractivity contribution is -0.0365. The third-order valence-corrected chi connectivity index (χ3v) is 3.50. The number of thioether (sulfide) groups is 1. The second-order valence-corrected chi connectivity index (χ2v) is 4.94. The Hall–Kier alpha value is -0.300. The zero-order valence-electron chi connectivity index (χ0n) is 11.8. The van der Waals surface area contributed by atoms with E-state index in [4.69, 9.17) is 14.9 Å². The number of ether oxygens (including phenoxy) is 1. The average Bonchev–Trinajstić information content (AvgIpc) is 2.41. The molecule has 108 valence electrons. The molecule has 0 spiro atoms. The minimum atomic E-state index is -1.31. The van der Waals surface area contributed by atoms with Crippen molar-refractivity contribution in [2.45, 2.75) is 39.2 Å². The number of nitrogens with zero attached hydrogens (tertiary/aromatic N) is 2. The van der Waals surface area contributed by atoms with Crippen LogP contribution in [-0.2, 0) is 4.74 Å². The monoisotopic (exact) mass is 278 g/mol. The molecule has 1 saturated heterocycles. The van der Waals surface area contributed by atoms with Crippen molar-refractivity contribution in [3.05, 3.63) is 0 Å². The van der Waals surface area contributed by atoms with E-state index in [2.05, 4.69) is 9.89 Å². The van der Waals surface area contributed by atoms with E-state index in [1.165, 1.54) is 11.8 Å². The fourth-order valence-electron chi connectivity index (χ4n) is 1.33. The highest BCUT2D eigenvalue weighted by Gasteiger charge is 2.20. The van der Waals surface area contributed by atoms with Gasteiger partial charge in [-0.15, -0.1) is 0 Å². The van der Waals surface area contributed by atoms with Crippen molar-refractivity contribution in [1.29, 1.82) is 0 Å². The molecule has 1 rings (SSSR count). The van der Waals surface area contributed by atoms with Gasteiger partial charge in [-0.2, -0.15) is 0 Å². The number of aliphatic hydroxyl groups is 2. The number of hydrogen-bond acceptors (Lipinski definition) is 5. The summed E-state index contributed by atoms with van der Waals surface area (Å²) in [7, 11) is 0. The van der Waals surface area contributed by atoms with Crippen LogP contribution in [0.4, 0.5) is 0 Å². The molecule has 0 aromatic rings. The van der Waals surface area contributed by atoms with Gasteiger partial charge in [0.25, 0.3) is 0 Å². The summed E-state index contributed by atoms with van der Waals surface area (Å²) in [5, 5.41) is 18.8. The van der Waals surface area contributed by atoms with Crippen molar-refractivity contribution in [2.24, 2.45) is 4.99 Å². The quantitative estimate of drug-likeness (QED) is 0.461. The third-order valence-electron chi connectivity index (χ3n) is 2.29. The lowest BCUT2D eigenvalue weighted by Crippen LogP contribution is -2.40. The zero-order chi connectivity index (χ0) is 14.0. The largest absolute Gasteiger partial charge is 0.378 e. The molecule has 0 radical (unpaired) electrons. The summed E-state index contributed by atoms with van der Waals surface area (Å²) in [5.74, 6) is 0. The summed E-state index contributed by atoms with van der Waals surface area (Å²) in [5.41, 5.74) is 0. The number of morpholine rings is 1. The standard InChI is InChI=1S/C10H20N2O3S.C2H6/c1-3-11-10(16-8(2)9(13)14)12-4-6-15-7-5-12;1-2/h8-9,13-14H,3-7H2,1-2H3;1-2H3. The first kappa shape index (κ1) is 17.7. The van der Waals surface area contributed by atoms with Crippen LogP contribution in [0, 0.1) is 0 Å². The fraction of sp³-hybridized carbons (Fsp3) is 0.917. The van der Waals surface area contributed by atoms with Crippen LogP contribution >= 0.6 is 11.8 Å². The van der Waals surface area contributed by atoms with E-state index in [0.29, 0.717) is 19.8 Å². The molecule has 0 aliphatic carbocycles. The van der Waals surface area contributed by atoms with Gasteiger partial charge in [-0.1, -0.05) is 25.6 Å². The van der Waals surface area contributed by atoms with Crippen molar-refractivity contribution in [3.63, 3.8) is 0 Å². The van der Waals surface area contributed by atoms with Gasteiger partial charge in [0.05, 0.1) is 18.5 Å². The molecule has 0 aromatic heterocycles. The Kier molecular flexibility index (Phi) is 10.4. The number of aliphatic imine (C=N–C) groups is 1. The molecule has 0 amide bonds. The highest BCUT2D eigenvalue weighted by Crippen LogP contribution is 2.19. The molecule has 1 heterocycles. The van der Waals surface area contributed by atoms with Crippen molar-refractivity contribution in [1.82, 2.24) is 4.90 Å². The summed E-state index contributed by atoms with van der Waals surface area (Å²) < 4.78 is 5.28. The summed E-state index contributed by atoms with van der Waals surface area (Å²) >= 11 is 1.40. The van der Waals surface area contributed by atoms with Crippen LogP contribution in [0.2, 0.25) is 0 Å². The molecule has 18 heavy (non-hydrogen) atoms. The molecule has 0 saturated carbocycles. The zero-order valence-corrected chi connectivity index (χ0v) is 12.6. The number of aliphatic hydroxyl groups excluding tert-OH is 1. The van der Waals surface area contributed by atoms with Crippen LogP contribution in [0.1, 0.15) is 27.7 Å². The maximum atomic E-state index is 9.07. The van der Waals surface area contributed by atoms with Crippen LogP contribution in [0.15, 0.2) is 4.99 Å². The second-order valence-electron chi connectivity index (χ2n) is 3.59. The molecule has 1 fully saturated rings. The van der Waals surface area contributed by atoms with Crippen molar-refractivity contribution in [3.8, 4) is 0 Å². The van der Waals surface area contributed by atoms with E-state index in [-0.39, 0.29) is 5.25 Å². The average molecular weight is 278 g/mol. The molecule has 2 N–H and O–H groups in total. The first-order chi connectivity index (χ1) is 8.65. The SMILES string of the molecule is CC.CCN=C(SC(C)C(O)O)N1CCOCC1. The van der Waals surface area contributed by atoms with Crippen LogP contribution < -0.4 is 0 Å². The molecule has 6 heteroatoms. The number of hydrogen-bond donors (Lipinski definition) is 2. The first-order valence-corrected chi connectivity index (χ1v) is 7.43. The molecule has 1 atom stereocenters. The van der Waals surface area contributed by atoms with Gasteiger partial charge in [-0.25, -0.2) is 0 Å². The van der Waals surface area contributed by atoms with Crippen LogP contribution in [0.5, 0.6) is 0 Å². The predicted molar refractivity (Wildman–Crippen MR) is 77.0 cm³/mol. The second kappa shape index (κ2) is 10.6. The molecule has 1 aliphatic rings. The van der Waals surface area contributed by atoms with Gasteiger partial charge in [-0.05, 0) is 13.8 Å². The Morgan fingerprint density at radius 3 is 2.33 bits per heavy atom. The van der Waals surface area contributed by atoms with Gasteiger partial charge >= 0.3 is 0 Å². The van der Waals surface area contributed by atoms with E-state index >= 15 is 0 Å². The van der Waals surface area contributed by atoms with Gasteiger partial charge in [-0.3, -0.25) is 4.99 Å². The topological polar surface area (TPSA) is 65.3 Å². The van der Waals surface area contributed by atoms with Gasteiger partial charge in [0, 0.05) is 19.6 Å². The van der Waals surface area contributed by atoms with Crippen LogP contribution in [0.3, 0.4) is 0 Å². The molecule has 5 nitrogen and oxygen atoms in total. The lowest BCUT2D eigenvalue weighted by atomic mass is 10.5. The Bertz CT molecular complexity index is 231. The van der Waals surface area contributed by atoms with E-state index in [1.807, 2.05) is 20.8 Å². The van der Waals surface area contributed by atoms with E-state index in [9.17, 15) is 0 Å². The highest BCUT2D eigenvalue weighted by atomic mass is 32.2. The lowest BCUT2D eigenvalue weighted by Gasteiger charge is -2.30. The van der Waals surface area contributed by atoms with Crippen molar-refractivity contribution in [2.75, 3.05) is 32.8 Å². The first-order valence-electron chi connectivity index (χ1n) is 6.55. The normalized spacial score (nSPS) is 18.4. The Labute approximate surface area is 114 Å². The number of rotatable bonds is 3. The molecule has 0 bridgehead atoms. The van der Waals surface area contributed by atoms with Crippen molar-refractivity contribution >= 4 is 16.9 Å². The summed E-state index contributed by atoms with van der Waals surface area (Å²) in [6.07, 6.45) is -1.31. The molecule has 0 aromatic carbocycles. The number of amidine groups is 1. The Balaban J connectivity index is 0.00000137. The third kappa shape index (κ3) is 6.58. The van der Waals surface area contributed by atoms with Crippen LogP contribution in [0.25, 0.3) is 0 Å². The van der Waals surface area contributed by atoms with E-state index < -0.39 is 6.29 Å². The summed E-state index contributed by atoms with van der Waals surface area (Å²) in [6.45, 7) is 11.5. The van der Waals surface area contributed by atoms with Crippen molar-refractivity contribution < 1.29 is 14.9 Å². The van der Waals surface area contributed by atoms with E-state index in [0.717, 1.165) is 18.3 Å². The fourth-order valence-corrected chi connectivity index (χ4v) is 2.32. The molecule has 1 unspecified atom stereocenters. The maximum absolute atomic E-state index is 9.07. The van der Waals surface area contributed by atoms with Gasteiger partial charge in [0.1, 0.15) is 0 Å². The van der Waals surface area contributed by atoms with Gasteiger partial charge in [0.2, 0.25) is 0 Å². The Morgan fingerprint density at radius 2 is 1.89 bits per heavy atom. The summed E-state index contributed by atoms with van der Waals surface area (Å²) in [6, 6.07) is 0. The summed E-state index contributed by atoms with van der Waals surface area (Å²) in [4.78, 5) is 6.53. The minimum Gasteiger partial charge on any atom is -0.378 e. The van der Waals surface area contributed by atoms with Gasteiger partial charge < -0.3 is 19.8 Å². The molecular weight excluding hydrogens is 252 g/mol. The Morgan fingerprint density at radius 1 is 1.33 bits per heavy atom. The van der Waals surface area contributed by atoms with Gasteiger partial charge in [0.15, 0.2) is 11.5 Å². The predicted octanol–water partition coefficient (Wildman–Crippen LogP) is 1.15. The smallest absolute Gasteiger partial charge is 0.163 e. The highest BCUT2D eigenvalue weighted by molar-refractivity contribution is 8.14.